The van der Waals surface area contributed by atoms with Crippen LogP contribution in [0.4, 0.5) is 0 Å². The van der Waals surface area contributed by atoms with Crippen molar-refractivity contribution in [3.05, 3.63) is 29.8 Å². The van der Waals surface area contributed by atoms with Crippen LogP contribution in [-0.4, -0.2) is 24.0 Å². The number of hydrogen-bond donors (Lipinski definition) is 2. The predicted molar refractivity (Wildman–Crippen MR) is 85.1 cm³/mol. The molecular formula is C15H22N2O2S. The minimum atomic E-state index is -0.131. The summed E-state index contributed by atoms with van der Waals surface area (Å²) in [4.78, 5) is 12.3. The molecule has 0 aliphatic carbocycles. The van der Waals surface area contributed by atoms with Gasteiger partial charge < -0.3 is 15.8 Å². The number of carbonyl (C=O) groups is 1. The van der Waals surface area contributed by atoms with Crippen molar-refractivity contribution in [3.8, 4) is 5.75 Å². The molecule has 110 valence electrons. The van der Waals surface area contributed by atoms with E-state index in [4.69, 9.17) is 22.7 Å². The Morgan fingerprint density at radius 2 is 2.05 bits per heavy atom. The van der Waals surface area contributed by atoms with E-state index in [-0.39, 0.29) is 11.8 Å². The summed E-state index contributed by atoms with van der Waals surface area (Å²) in [7, 11) is 0. The maximum Gasteiger partial charge on any atom is 0.251 e. The fourth-order valence-electron chi connectivity index (χ4n) is 1.49. The van der Waals surface area contributed by atoms with Gasteiger partial charge in [-0.1, -0.05) is 32.5 Å². The first kappa shape index (κ1) is 16.4. The zero-order valence-electron chi connectivity index (χ0n) is 12.0. The molecule has 1 unspecified atom stereocenters. The summed E-state index contributed by atoms with van der Waals surface area (Å²) in [6.07, 6.45) is 2.13. The van der Waals surface area contributed by atoms with Crippen molar-refractivity contribution >= 4 is 23.1 Å². The third-order valence-electron chi connectivity index (χ3n) is 2.94. The Hall–Kier alpha value is -1.62. The largest absolute Gasteiger partial charge is 0.494 e. The van der Waals surface area contributed by atoms with Crippen molar-refractivity contribution in [1.82, 2.24) is 5.32 Å². The summed E-state index contributed by atoms with van der Waals surface area (Å²) in [5.41, 5.74) is 6.10. The number of nitrogens with two attached hydrogens (primary N) is 1. The second-order valence-electron chi connectivity index (χ2n) is 4.74. The molecule has 1 atom stereocenters. The fourth-order valence-corrected chi connectivity index (χ4v) is 1.57. The topological polar surface area (TPSA) is 64.3 Å². The fraction of sp³-hybridized carbons (Fsp3) is 0.467. The van der Waals surface area contributed by atoms with Crippen LogP contribution >= 0.6 is 12.2 Å². The quantitative estimate of drug-likeness (QED) is 0.571. The molecule has 0 spiro atoms. The number of ether oxygens (including phenoxy) is 1. The van der Waals surface area contributed by atoms with Crippen molar-refractivity contribution in [2.45, 2.75) is 26.7 Å². The van der Waals surface area contributed by atoms with Gasteiger partial charge in [0.1, 0.15) is 5.75 Å². The minimum absolute atomic E-state index is 0.00870. The molecule has 0 aliphatic heterocycles. The number of rotatable bonds is 8. The van der Waals surface area contributed by atoms with E-state index >= 15 is 0 Å². The molecule has 5 heteroatoms. The maximum atomic E-state index is 11.9. The second-order valence-corrected chi connectivity index (χ2v) is 5.21. The zero-order valence-corrected chi connectivity index (χ0v) is 12.8. The molecule has 1 aromatic carbocycles. The Bertz CT molecular complexity index is 446. The highest BCUT2D eigenvalue weighted by atomic mass is 32.1. The van der Waals surface area contributed by atoms with Gasteiger partial charge in [-0.2, -0.15) is 0 Å². The molecule has 3 N–H and O–H groups in total. The molecule has 4 nitrogen and oxygen atoms in total. The summed E-state index contributed by atoms with van der Waals surface area (Å²) in [6, 6.07) is 7.12. The van der Waals surface area contributed by atoms with Gasteiger partial charge in [0, 0.05) is 18.0 Å². The highest BCUT2D eigenvalue weighted by Gasteiger charge is 2.09. The number of nitrogens with one attached hydrogen (secondary N) is 1. The van der Waals surface area contributed by atoms with E-state index < -0.39 is 0 Å². The normalized spacial score (nSPS) is 11.7. The number of benzene rings is 1. The summed E-state index contributed by atoms with van der Waals surface area (Å²) in [6.45, 7) is 5.15. The summed E-state index contributed by atoms with van der Waals surface area (Å²) >= 11 is 4.86. The van der Waals surface area contributed by atoms with E-state index in [0.717, 1.165) is 18.6 Å². The minimum Gasteiger partial charge on any atom is -0.494 e. The van der Waals surface area contributed by atoms with E-state index in [1.165, 1.54) is 0 Å². The summed E-state index contributed by atoms with van der Waals surface area (Å²) in [5.74, 6) is 0.644. The van der Waals surface area contributed by atoms with Gasteiger partial charge in [0.15, 0.2) is 0 Å². The van der Waals surface area contributed by atoms with Gasteiger partial charge in [-0.15, -0.1) is 0 Å². The zero-order chi connectivity index (χ0) is 15.0. The smallest absolute Gasteiger partial charge is 0.251 e. The van der Waals surface area contributed by atoms with Crippen LogP contribution in [0, 0.1) is 5.92 Å². The third-order valence-corrected chi connectivity index (χ3v) is 3.34. The SMILES string of the molecule is CCCCOc1ccc(C(=O)NCC(C)C(N)=S)cc1. The van der Waals surface area contributed by atoms with Crippen molar-refractivity contribution in [2.24, 2.45) is 11.7 Å². The van der Waals surface area contributed by atoms with Gasteiger partial charge >= 0.3 is 0 Å². The lowest BCUT2D eigenvalue weighted by molar-refractivity contribution is 0.0951. The number of amides is 1. The van der Waals surface area contributed by atoms with Gasteiger partial charge in [-0.25, -0.2) is 0 Å². The third kappa shape index (κ3) is 5.57. The van der Waals surface area contributed by atoms with Gasteiger partial charge in [0.05, 0.1) is 11.6 Å². The molecule has 0 saturated heterocycles. The number of carbonyl (C=O) groups excluding carboxylic acids is 1. The first-order valence-electron chi connectivity index (χ1n) is 6.85. The van der Waals surface area contributed by atoms with Crippen LogP contribution in [-0.2, 0) is 0 Å². The van der Waals surface area contributed by atoms with Gasteiger partial charge in [0.2, 0.25) is 0 Å². The molecule has 0 fully saturated rings. The number of unbranched alkanes of at least 4 members (excludes halogenated alkanes) is 1. The van der Waals surface area contributed by atoms with E-state index in [9.17, 15) is 4.79 Å². The average Bonchev–Trinajstić information content (AvgIpc) is 2.45. The second kappa shape index (κ2) is 8.53. The first-order valence-corrected chi connectivity index (χ1v) is 7.25. The standard InChI is InChI=1S/C15H22N2O2S/c1-3-4-9-19-13-7-5-12(6-8-13)15(18)17-10-11(2)14(16)20/h5-8,11H,3-4,9-10H2,1-2H3,(H2,16,20)(H,17,18). The molecule has 0 bridgehead atoms. The lowest BCUT2D eigenvalue weighted by Crippen LogP contribution is -2.33. The van der Waals surface area contributed by atoms with Crippen molar-refractivity contribution in [1.29, 1.82) is 0 Å². The molecule has 1 aromatic rings. The molecular weight excluding hydrogens is 272 g/mol. The van der Waals surface area contributed by atoms with Crippen LogP contribution in [0.25, 0.3) is 0 Å². The van der Waals surface area contributed by atoms with Gasteiger partial charge in [-0.05, 0) is 30.7 Å². The molecule has 0 heterocycles. The van der Waals surface area contributed by atoms with E-state index in [1.807, 2.05) is 19.1 Å². The molecule has 0 aromatic heterocycles. The predicted octanol–water partition coefficient (Wildman–Crippen LogP) is 2.52. The average molecular weight is 294 g/mol. The molecule has 0 aliphatic rings. The number of hydrogen-bond acceptors (Lipinski definition) is 3. The highest BCUT2D eigenvalue weighted by Crippen LogP contribution is 2.12. The van der Waals surface area contributed by atoms with Crippen LogP contribution < -0.4 is 15.8 Å². The number of thiocarbonyl (C=S) groups is 1. The van der Waals surface area contributed by atoms with Crippen molar-refractivity contribution < 1.29 is 9.53 Å². The Morgan fingerprint density at radius 3 is 2.60 bits per heavy atom. The first-order chi connectivity index (χ1) is 9.54. The Balaban J connectivity index is 2.46. The Kier molecular flexibility index (Phi) is 7.01. The van der Waals surface area contributed by atoms with Crippen molar-refractivity contribution in [3.63, 3.8) is 0 Å². The lowest BCUT2D eigenvalue weighted by Gasteiger charge is -2.11. The van der Waals surface area contributed by atoms with Crippen LogP contribution in [0.5, 0.6) is 5.75 Å². The molecule has 1 amide bonds. The van der Waals surface area contributed by atoms with Crippen LogP contribution in [0.3, 0.4) is 0 Å². The molecule has 0 radical (unpaired) electrons. The highest BCUT2D eigenvalue weighted by molar-refractivity contribution is 7.80. The van der Waals surface area contributed by atoms with E-state index in [0.29, 0.717) is 23.7 Å². The van der Waals surface area contributed by atoms with E-state index in [2.05, 4.69) is 12.2 Å². The Morgan fingerprint density at radius 1 is 1.40 bits per heavy atom. The maximum absolute atomic E-state index is 11.9. The van der Waals surface area contributed by atoms with Crippen LogP contribution in [0.2, 0.25) is 0 Å². The van der Waals surface area contributed by atoms with Crippen LogP contribution in [0.1, 0.15) is 37.0 Å². The van der Waals surface area contributed by atoms with Crippen molar-refractivity contribution in [2.75, 3.05) is 13.2 Å². The van der Waals surface area contributed by atoms with Crippen LogP contribution in [0.15, 0.2) is 24.3 Å². The van der Waals surface area contributed by atoms with Gasteiger partial charge in [0.25, 0.3) is 5.91 Å². The monoisotopic (exact) mass is 294 g/mol. The lowest BCUT2D eigenvalue weighted by atomic mass is 10.1. The molecule has 1 rings (SSSR count). The molecule has 20 heavy (non-hydrogen) atoms. The van der Waals surface area contributed by atoms with Gasteiger partial charge in [-0.3, -0.25) is 4.79 Å². The summed E-state index contributed by atoms with van der Waals surface area (Å²) in [5, 5.41) is 2.80. The Labute approximate surface area is 125 Å². The summed E-state index contributed by atoms with van der Waals surface area (Å²) < 4.78 is 5.55. The van der Waals surface area contributed by atoms with E-state index in [1.54, 1.807) is 12.1 Å². The molecule has 0 saturated carbocycles.